The topological polar surface area (TPSA) is 34.1 Å². The van der Waals surface area contributed by atoms with Crippen molar-refractivity contribution in [1.82, 2.24) is 0 Å². The zero-order valence-electron chi connectivity index (χ0n) is 11.5. The molecule has 2 aromatic rings. The van der Waals surface area contributed by atoms with Crippen molar-refractivity contribution in [2.45, 2.75) is 16.6 Å². The van der Waals surface area contributed by atoms with Crippen LogP contribution < -0.4 is 0 Å². The van der Waals surface area contributed by atoms with E-state index in [4.69, 9.17) is 11.6 Å². The summed E-state index contributed by atoms with van der Waals surface area (Å²) in [6, 6.07) is 8.80. The van der Waals surface area contributed by atoms with Gasteiger partial charge in [-0.3, -0.25) is 0 Å². The Hall–Kier alpha value is -1.72. The third kappa shape index (κ3) is 3.54. The van der Waals surface area contributed by atoms with E-state index in [9.17, 15) is 17.2 Å². The molecule has 0 aromatic heterocycles. The lowest BCUT2D eigenvalue weighted by Gasteiger charge is -2.14. The number of hydrogen-bond acceptors (Lipinski definition) is 2. The molecule has 0 aliphatic heterocycles. The fraction of sp³-hybridized carbons (Fsp3) is 0.125. The first kappa shape index (κ1) is 16.6. The van der Waals surface area contributed by atoms with Crippen molar-refractivity contribution in [3.63, 3.8) is 0 Å². The lowest BCUT2D eigenvalue weighted by Crippen LogP contribution is -2.21. The molecule has 6 heteroatoms. The highest BCUT2D eigenvalue weighted by molar-refractivity contribution is 7.92. The maximum atomic E-state index is 13.2. The second kappa shape index (κ2) is 6.58. The summed E-state index contributed by atoms with van der Waals surface area (Å²) < 4.78 is 51.2. The third-order valence-electron chi connectivity index (χ3n) is 3.23. The molecule has 0 saturated carbocycles. The second-order valence-electron chi connectivity index (χ2n) is 4.73. The smallest absolute Gasteiger partial charge is 0.185 e. The predicted molar refractivity (Wildman–Crippen MR) is 82.7 cm³/mol. The first-order valence-electron chi connectivity index (χ1n) is 6.40. The molecule has 0 fully saturated rings. The van der Waals surface area contributed by atoms with Gasteiger partial charge in [-0.15, -0.1) is 6.58 Å². The SMILES string of the molecule is C=CC(Cc1ccc(F)cc1)S(=O)(=O)c1ccc(F)c(Cl)c1. The van der Waals surface area contributed by atoms with Crippen LogP contribution >= 0.6 is 11.6 Å². The van der Waals surface area contributed by atoms with Crippen LogP contribution in [-0.2, 0) is 16.3 Å². The van der Waals surface area contributed by atoms with E-state index < -0.39 is 26.7 Å². The Morgan fingerprint density at radius 3 is 2.32 bits per heavy atom. The van der Waals surface area contributed by atoms with Crippen LogP contribution in [0.15, 0.2) is 60.0 Å². The molecule has 0 aliphatic rings. The van der Waals surface area contributed by atoms with Crippen molar-refractivity contribution < 1.29 is 17.2 Å². The van der Waals surface area contributed by atoms with Gasteiger partial charge in [0.2, 0.25) is 0 Å². The number of benzene rings is 2. The molecule has 0 amide bonds. The van der Waals surface area contributed by atoms with Gasteiger partial charge in [-0.05, 0) is 42.3 Å². The molecule has 1 unspecified atom stereocenters. The summed E-state index contributed by atoms with van der Waals surface area (Å²) in [5, 5.41) is -1.18. The minimum Gasteiger partial charge on any atom is -0.223 e. The molecule has 22 heavy (non-hydrogen) atoms. The van der Waals surface area contributed by atoms with Crippen molar-refractivity contribution >= 4 is 21.4 Å². The standard InChI is InChI=1S/C16H13ClF2O2S/c1-2-13(9-11-3-5-12(18)6-4-11)22(20,21)14-7-8-16(19)15(17)10-14/h2-8,10,13H,1,9H2. The zero-order chi connectivity index (χ0) is 16.3. The van der Waals surface area contributed by atoms with Crippen LogP contribution in [0.3, 0.4) is 0 Å². The van der Waals surface area contributed by atoms with Gasteiger partial charge in [0, 0.05) is 0 Å². The number of rotatable bonds is 5. The highest BCUT2D eigenvalue weighted by Gasteiger charge is 2.26. The van der Waals surface area contributed by atoms with E-state index in [2.05, 4.69) is 6.58 Å². The largest absolute Gasteiger partial charge is 0.223 e. The number of sulfone groups is 1. The van der Waals surface area contributed by atoms with Crippen molar-refractivity contribution in [3.05, 3.63) is 77.3 Å². The van der Waals surface area contributed by atoms with Crippen molar-refractivity contribution in [2.24, 2.45) is 0 Å². The van der Waals surface area contributed by atoms with E-state index >= 15 is 0 Å². The molecular formula is C16H13ClF2O2S. The van der Waals surface area contributed by atoms with Crippen LogP contribution in [0, 0.1) is 11.6 Å². The third-order valence-corrected chi connectivity index (χ3v) is 5.59. The van der Waals surface area contributed by atoms with Gasteiger partial charge in [0.1, 0.15) is 11.6 Å². The van der Waals surface area contributed by atoms with Gasteiger partial charge in [0.25, 0.3) is 0 Å². The first-order chi connectivity index (χ1) is 10.3. The van der Waals surface area contributed by atoms with Crippen molar-refractivity contribution in [3.8, 4) is 0 Å². The lowest BCUT2D eigenvalue weighted by atomic mass is 10.1. The quantitative estimate of drug-likeness (QED) is 0.603. The van der Waals surface area contributed by atoms with Gasteiger partial charge >= 0.3 is 0 Å². The number of hydrogen-bond donors (Lipinski definition) is 0. The fourth-order valence-electron chi connectivity index (χ4n) is 2.00. The van der Waals surface area contributed by atoms with Crippen LogP contribution in [0.2, 0.25) is 5.02 Å². The molecule has 0 saturated heterocycles. The maximum absolute atomic E-state index is 13.2. The highest BCUT2D eigenvalue weighted by Crippen LogP contribution is 2.24. The predicted octanol–water partition coefficient (Wildman–Crippen LogP) is 4.19. The van der Waals surface area contributed by atoms with E-state index in [1.807, 2.05) is 0 Å². The first-order valence-corrected chi connectivity index (χ1v) is 8.33. The Labute approximate surface area is 133 Å². The average Bonchev–Trinajstić information content (AvgIpc) is 2.49. The molecule has 0 N–H and O–H groups in total. The normalized spacial score (nSPS) is 12.9. The van der Waals surface area contributed by atoms with Gasteiger partial charge in [0.15, 0.2) is 9.84 Å². The second-order valence-corrected chi connectivity index (χ2v) is 7.30. The fourth-order valence-corrected chi connectivity index (χ4v) is 3.80. The Bertz CT molecular complexity index is 786. The number of halogens is 3. The van der Waals surface area contributed by atoms with E-state index in [0.717, 1.165) is 18.2 Å². The molecule has 116 valence electrons. The Balaban J connectivity index is 2.34. The Kier molecular flexibility index (Phi) is 4.98. The molecule has 0 bridgehead atoms. The Morgan fingerprint density at radius 2 is 1.77 bits per heavy atom. The lowest BCUT2D eigenvalue weighted by molar-refractivity contribution is 0.586. The van der Waals surface area contributed by atoms with Crippen molar-refractivity contribution in [1.29, 1.82) is 0 Å². The van der Waals surface area contributed by atoms with Crippen molar-refractivity contribution in [2.75, 3.05) is 0 Å². The van der Waals surface area contributed by atoms with Gasteiger partial charge in [-0.25, -0.2) is 17.2 Å². The van der Waals surface area contributed by atoms with Gasteiger partial charge < -0.3 is 0 Å². The van der Waals surface area contributed by atoms with Crippen LogP contribution in [0.5, 0.6) is 0 Å². The monoisotopic (exact) mass is 342 g/mol. The summed E-state index contributed by atoms with van der Waals surface area (Å²) in [4.78, 5) is -0.0779. The van der Waals surface area contributed by atoms with E-state index in [1.54, 1.807) is 0 Å². The maximum Gasteiger partial charge on any atom is 0.185 e. The summed E-state index contributed by atoms with van der Waals surface area (Å²) in [5.74, 6) is -1.08. The van der Waals surface area contributed by atoms with Gasteiger partial charge in [-0.2, -0.15) is 0 Å². The van der Waals surface area contributed by atoms with Crippen LogP contribution in [0.1, 0.15) is 5.56 Å². The molecule has 0 radical (unpaired) electrons. The van der Waals surface area contributed by atoms with E-state index in [1.165, 1.54) is 30.3 Å². The van der Waals surface area contributed by atoms with E-state index in [-0.39, 0.29) is 16.3 Å². The summed E-state index contributed by atoms with van der Waals surface area (Å²) in [5.41, 5.74) is 0.656. The summed E-state index contributed by atoms with van der Waals surface area (Å²) in [6.45, 7) is 3.55. The van der Waals surface area contributed by atoms with Gasteiger partial charge in [0.05, 0.1) is 15.2 Å². The summed E-state index contributed by atoms with van der Waals surface area (Å²) in [7, 11) is -3.76. The molecule has 1 atom stereocenters. The minimum atomic E-state index is -3.76. The molecule has 2 rings (SSSR count). The summed E-state index contributed by atoms with van der Waals surface area (Å²) in [6.07, 6.45) is 1.44. The Morgan fingerprint density at radius 1 is 1.14 bits per heavy atom. The molecule has 0 heterocycles. The molecule has 2 nitrogen and oxygen atoms in total. The molecule has 0 spiro atoms. The van der Waals surface area contributed by atoms with Crippen LogP contribution in [0.25, 0.3) is 0 Å². The van der Waals surface area contributed by atoms with Crippen LogP contribution in [0.4, 0.5) is 8.78 Å². The molecule has 2 aromatic carbocycles. The molecule has 0 aliphatic carbocycles. The molecular weight excluding hydrogens is 330 g/mol. The average molecular weight is 343 g/mol. The summed E-state index contributed by atoms with van der Waals surface area (Å²) >= 11 is 5.64. The van der Waals surface area contributed by atoms with Gasteiger partial charge in [-0.1, -0.05) is 29.8 Å². The highest BCUT2D eigenvalue weighted by atomic mass is 35.5. The zero-order valence-corrected chi connectivity index (χ0v) is 13.0. The minimum absolute atomic E-state index is 0.0779. The van der Waals surface area contributed by atoms with Crippen LogP contribution in [-0.4, -0.2) is 13.7 Å². The van der Waals surface area contributed by atoms with E-state index in [0.29, 0.717) is 5.56 Å².